The first-order valence-electron chi connectivity index (χ1n) is 7.80. The quantitative estimate of drug-likeness (QED) is 0.475. The summed E-state index contributed by atoms with van der Waals surface area (Å²) in [6.07, 6.45) is -11.3. The van der Waals surface area contributed by atoms with Gasteiger partial charge in [0.05, 0.1) is 0 Å². The van der Waals surface area contributed by atoms with Crippen LogP contribution in [0.3, 0.4) is 0 Å². The molecule has 0 aliphatic heterocycles. The largest absolute Gasteiger partial charge is 0.460 e. The van der Waals surface area contributed by atoms with Gasteiger partial charge in [0.25, 0.3) is 0 Å². The van der Waals surface area contributed by atoms with Gasteiger partial charge in [0.2, 0.25) is 0 Å². The Morgan fingerprint density at radius 2 is 0.897 bits per heavy atom. The molecule has 1 unspecified atom stereocenters. The van der Waals surface area contributed by atoms with Gasteiger partial charge in [-0.1, -0.05) is 0 Å². The Kier molecular flexibility index (Phi) is 7.66. The molecule has 1 N–H and O–H groups in total. The van der Waals surface area contributed by atoms with Crippen LogP contribution in [-0.4, -0.2) is 70.5 Å². The van der Waals surface area contributed by atoms with Crippen molar-refractivity contribution in [3.05, 3.63) is 0 Å². The van der Waals surface area contributed by atoms with Crippen LogP contribution >= 0.6 is 0 Å². The van der Waals surface area contributed by atoms with Crippen LogP contribution in [0.1, 0.15) is 27.7 Å². The summed E-state index contributed by atoms with van der Waals surface area (Å²) in [4.78, 5) is 0.843. The van der Waals surface area contributed by atoms with Crippen LogP contribution in [0.5, 0.6) is 0 Å². The Bertz CT molecular complexity index is 548. The molecule has 0 amide bonds. The smallest absolute Gasteiger partial charge is 0.385 e. The maximum Gasteiger partial charge on any atom is 0.460 e. The summed E-state index contributed by atoms with van der Waals surface area (Å²) in [5.41, 5.74) is 0. The highest BCUT2D eigenvalue weighted by molar-refractivity contribution is 5.11. The molecule has 0 saturated carbocycles. The number of hydrogen-bond acceptors (Lipinski definition) is 2. The van der Waals surface area contributed by atoms with Crippen LogP contribution in [0.15, 0.2) is 0 Å². The molecule has 0 fully saturated rings. The monoisotopic (exact) mass is 463 g/mol. The second-order valence-electron chi connectivity index (χ2n) is 6.82. The maximum atomic E-state index is 13.8. The summed E-state index contributed by atoms with van der Waals surface area (Å²) >= 11 is 0. The highest BCUT2D eigenvalue weighted by atomic mass is 19.4. The van der Waals surface area contributed by atoms with Crippen LogP contribution in [0.4, 0.5) is 57.1 Å². The minimum absolute atomic E-state index is 0.759. The minimum Gasteiger partial charge on any atom is -0.385 e. The van der Waals surface area contributed by atoms with Gasteiger partial charge in [-0.2, -0.15) is 57.1 Å². The van der Waals surface area contributed by atoms with E-state index in [9.17, 15) is 62.2 Å². The Morgan fingerprint density at radius 3 is 1.17 bits per heavy atom. The van der Waals surface area contributed by atoms with Gasteiger partial charge in [-0.15, -0.1) is 0 Å². The predicted octanol–water partition coefficient (Wildman–Crippen LogP) is 5.20. The molecular weight excluding hydrogens is 445 g/mol. The lowest BCUT2D eigenvalue weighted by Crippen LogP contribution is -2.72. The van der Waals surface area contributed by atoms with Crippen LogP contribution in [0.25, 0.3) is 0 Å². The van der Waals surface area contributed by atoms with Crippen molar-refractivity contribution < 1.29 is 62.2 Å². The van der Waals surface area contributed by atoms with Crippen molar-refractivity contribution in [1.29, 1.82) is 0 Å². The van der Waals surface area contributed by atoms with E-state index in [0.29, 0.717) is 0 Å². The lowest BCUT2D eigenvalue weighted by atomic mass is 9.91. The zero-order chi connectivity index (χ0) is 24.0. The standard InChI is InChI=1S/C14H18F13NO/c1-6(2)28(7(3)4)5-8(29)9(15,16)10(17,18)11(19,20)12(21,22)13(23,24)14(25,26)27/h6-8,29H,5H2,1-4H3. The van der Waals surface area contributed by atoms with Gasteiger partial charge < -0.3 is 5.11 Å². The molecule has 2 nitrogen and oxygen atoms in total. The van der Waals surface area contributed by atoms with E-state index in [0.717, 1.165) is 4.90 Å². The van der Waals surface area contributed by atoms with E-state index in [2.05, 4.69) is 0 Å². The van der Waals surface area contributed by atoms with E-state index in [1.54, 1.807) is 0 Å². The molecule has 0 radical (unpaired) electrons. The Morgan fingerprint density at radius 1 is 0.586 bits per heavy atom. The third-order valence-corrected chi connectivity index (χ3v) is 4.09. The summed E-state index contributed by atoms with van der Waals surface area (Å²) in [6.45, 7) is 3.70. The van der Waals surface area contributed by atoms with Gasteiger partial charge in [0.1, 0.15) is 6.10 Å². The number of halogens is 13. The SMILES string of the molecule is CC(C)N(CC(O)C(F)(F)C(F)(F)C(F)(F)C(F)(F)C(F)(F)C(F)(F)F)C(C)C. The fourth-order valence-corrected chi connectivity index (χ4v) is 2.32. The van der Waals surface area contributed by atoms with Gasteiger partial charge >= 0.3 is 35.8 Å². The Labute approximate surface area is 156 Å². The van der Waals surface area contributed by atoms with Crippen LogP contribution in [0, 0.1) is 0 Å². The molecule has 0 aromatic rings. The second kappa shape index (κ2) is 7.93. The first kappa shape index (κ1) is 28.0. The van der Waals surface area contributed by atoms with Crippen molar-refractivity contribution in [2.75, 3.05) is 6.54 Å². The predicted molar refractivity (Wildman–Crippen MR) is 73.8 cm³/mol. The zero-order valence-electron chi connectivity index (χ0n) is 15.2. The highest BCUT2D eigenvalue weighted by Crippen LogP contribution is 2.60. The molecule has 0 rings (SSSR count). The molecule has 0 spiro atoms. The van der Waals surface area contributed by atoms with E-state index in [1.807, 2.05) is 0 Å². The third kappa shape index (κ3) is 4.39. The second-order valence-corrected chi connectivity index (χ2v) is 6.82. The molecule has 0 saturated heterocycles. The number of aliphatic hydroxyl groups is 1. The molecule has 0 bridgehead atoms. The van der Waals surface area contributed by atoms with Gasteiger partial charge in [-0.3, -0.25) is 4.90 Å². The summed E-state index contributed by atoms with van der Waals surface area (Å²) in [5, 5.41) is 9.31. The molecule has 0 aliphatic rings. The molecule has 0 aromatic heterocycles. The first-order valence-corrected chi connectivity index (χ1v) is 7.80. The molecule has 1 atom stereocenters. The van der Waals surface area contributed by atoms with Crippen LogP contribution in [-0.2, 0) is 0 Å². The molecule has 15 heteroatoms. The van der Waals surface area contributed by atoms with Gasteiger partial charge in [-0.05, 0) is 27.7 Å². The molecule has 0 aromatic carbocycles. The number of alkyl halides is 13. The first-order chi connectivity index (χ1) is 12.4. The maximum absolute atomic E-state index is 13.8. The van der Waals surface area contributed by atoms with E-state index < -0.39 is 60.5 Å². The highest BCUT2D eigenvalue weighted by Gasteiger charge is 2.91. The lowest BCUT2D eigenvalue weighted by Gasteiger charge is -2.42. The van der Waals surface area contributed by atoms with Crippen molar-refractivity contribution in [2.45, 2.75) is 81.7 Å². The van der Waals surface area contributed by atoms with Crippen LogP contribution in [0.2, 0.25) is 0 Å². The molecule has 29 heavy (non-hydrogen) atoms. The molecule has 176 valence electrons. The van der Waals surface area contributed by atoms with E-state index >= 15 is 0 Å². The summed E-state index contributed by atoms with van der Waals surface area (Å²) < 4.78 is 170. The van der Waals surface area contributed by atoms with Crippen molar-refractivity contribution in [3.63, 3.8) is 0 Å². The summed E-state index contributed by atoms with van der Waals surface area (Å²) in [6, 6.07) is -1.52. The zero-order valence-corrected chi connectivity index (χ0v) is 15.2. The fraction of sp³-hybridized carbons (Fsp3) is 1.00. The minimum atomic E-state index is -7.97. The van der Waals surface area contributed by atoms with E-state index in [1.165, 1.54) is 27.7 Å². The van der Waals surface area contributed by atoms with Gasteiger partial charge in [-0.25, -0.2) is 0 Å². The van der Waals surface area contributed by atoms with Crippen molar-refractivity contribution in [1.82, 2.24) is 4.90 Å². The molecule has 0 heterocycles. The Hall–Kier alpha value is -0.990. The third-order valence-electron chi connectivity index (χ3n) is 4.09. The lowest BCUT2D eigenvalue weighted by molar-refractivity contribution is -0.444. The number of rotatable bonds is 9. The number of aliphatic hydroxyl groups excluding tert-OH is 1. The summed E-state index contributed by atoms with van der Waals surface area (Å²) in [7, 11) is 0. The van der Waals surface area contributed by atoms with E-state index in [4.69, 9.17) is 0 Å². The normalized spacial score (nSPS) is 16.9. The number of nitrogens with zero attached hydrogens (tertiary/aromatic N) is 1. The molecule has 0 aliphatic carbocycles. The average Bonchev–Trinajstić information content (AvgIpc) is 2.49. The van der Waals surface area contributed by atoms with Crippen molar-refractivity contribution in [2.24, 2.45) is 0 Å². The van der Waals surface area contributed by atoms with Crippen LogP contribution < -0.4 is 0 Å². The topological polar surface area (TPSA) is 23.5 Å². The number of hydrogen-bond donors (Lipinski definition) is 1. The fourth-order valence-electron chi connectivity index (χ4n) is 2.32. The van der Waals surface area contributed by atoms with Crippen molar-refractivity contribution in [3.8, 4) is 0 Å². The molecular formula is C14H18F13NO. The van der Waals surface area contributed by atoms with Gasteiger partial charge in [0, 0.05) is 18.6 Å². The summed E-state index contributed by atoms with van der Waals surface area (Å²) in [5.74, 6) is -37.7. The Balaban J connectivity index is 6.23. The average molecular weight is 463 g/mol. The van der Waals surface area contributed by atoms with Crippen molar-refractivity contribution >= 4 is 0 Å². The van der Waals surface area contributed by atoms with E-state index in [-0.39, 0.29) is 0 Å². The van der Waals surface area contributed by atoms with Gasteiger partial charge in [0.15, 0.2) is 0 Å².